The first-order chi connectivity index (χ1) is 7.42. The first kappa shape index (κ1) is 14.7. The molecule has 0 saturated carbocycles. The molecule has 2 atom stereocenters. The molecule has 0 bridgehead atoms. The molecule has 0 spiro atoms. The smallest absolute Gasteiger partial charge is 0.328 e. The van der Waals surface area contributed by atoms with Gasteiger partial charge in [-0.25, -0.2) is 9.59 Å². The molecule has 94 valence electrons. The van der Waals surface area contributed by atoms with E-state index in [1.807, 2.05) is 27.7 Å². The average molecular weight is 230 g/mol. The Hall–Kier alpha value is -1.26. The Morgan fingerprint density at radius 3 is 2.12 bits per heavy atom. The number of carbonyl (C=O) groups excluding carboxylic acids is 2. The number of hydrogen-bond donors (Lipinski definition) is 2. The van der Waals surface area contributed by atoms with Crippen molar-refractivity contribution >= 4 is 12.0 Å². The summed E-state index contributed by atoms with van der Waals surface area (Å²) in [5, 5.41) is 5.30. The molecule has 0 saturated heterocycles. The lowest BCUT2D eigenvalue weighted by molar-refractivity contribution is -0.144. The van der Waals surface area contributed by atoms with E-state index < -0.39 is 12.0 Å². The van der Waals surface area contributed by atoms with Gasteiger partial charge < -0.3 is 15.4 Å². The lowest BCUT2D eigenvalue weighted by Gasteiger charge is -2.22. The van der Waals surface area contributed by atoms with Gasteiger partial charge in [0.05, 0.1) is 7.11 Å². The van der Waals surface area contributed by atoms with Gasteiger partial charge in [0.1, 0.15) is 6.04 Å². The zero-order valence-electron chi connectivity index (χ0n) is 10.7. The van der Waals surface area contributed by atoms with Crippen LogP contribution in [0.5, 0.6) is 0 Å². The summed E-state index contributed by atoms with van der Waals surface area (Å²) < 4.78 is 4.66. The fourth-order valence-electron chi connectivity index (χ4n) is 1.24. The van der Waals surface area contributed by atoms with Crippen LogP contribution >= 0.6 is 0 Å². The minimum absolute atomic E-state index is 0.0372. The summed E-state index contributed by atoms with van der Waals surface area (Å²) >= 11 is 0. The van der Waals surface area contributed by atoms with Crippen LogP contribution in [-0.4, -0.2) is 31.2 Å². The van der Waals surface area contributed by atoms with Gasteiger partial charge in [-0.15, -0.1) is 0 Å². The van der Waals surface area contributed by atoms with Crippen molar-refractivity contribution < 1.29 is 14.3 Å². The van der Waals surface area contributed by atoms with Crippen molar-refractivity contribution in [1.82, 2.24) is 10.6 Å². The van der Waals surface area contributed by atoms with Gasteiger partial charge in [0.25, 0.3) is 0 Å². The first-order valence-corrected chi connectivity index (χ1v) is 5.57. The van der Waals surface area contributed by atoms with Crippen molar-refractivity contribution in [2.45, 2.75) is 46.2 Å². The van der Waals surface area contributed by atoms with E-state index in [1.165, 1.54) is 7.11 Å². The molecule has 0 aliphatic rings. The second kappa shape index (κ2) is 7.09. The van der Waals surface area contributed by atoms with E-state index in [1.54, 1.807) is 0 Å². The maximum Gasteiger partial charge on any atom is 0.328 e. The van der Waals surface area contributed by atoms with E-state index in [0.29, 0.717) is 0 Å². The van der Waals surface area contributed by atoms with Crippen LogP contribution in [0.25, 0.3) is 0 Å². The highest BCUT2D eigenvalue weighted by molar-refractivity contribution is 5.83. The molecule has 5 nitrogen and oxygen atoms in total. The lowest BCUT2D eigenvalue weighted by Crippen LogP contribution is -2.50. The Morgan fingerprint density at radius 2 is 1.75 bits per heavy atom. The molecule has 0 aliphatic carbocycles. The van der Waals surface area contributed by atoms with E-state index in [2.05, 4.69) is 15.4 Å². The van der Waals surface area contributed by atoms with Crippen LogP contribution in [-0.2, 0) is 9.53 Å². The monoisotopic (exact) mass is 230 g/mol. The largest absolute Gasteiger partial charge is 0.467 e. The Balaban J connectivity index is 4.43. The highest BCUT2D eigenvalue weighted by Crippen LogP contribution is 2.08. The molecule has 16 heavy (non-hydrogen) atoms. The molecular weight excluding hydrogens is 208 g/mol. The number of hydrogen-bond acceptors (Lipinski definition) is 3. The van der Waals surface area contributed by atoms with E-state index in [-0.39, 0.29) is 18.0 Å². The summed E-state index contributed by atoms with van der Waals surface area (Å²) in [7, 11) is 1.32. The summed E-state index contributed by atoms with van der Waals surface area (Å²) in [4.78, 5) is 22.9. The summed E-state index contributed by atoms with van der Waals surface area (Å²) in [6.45, 7) is 7.58. The second-order valence-corrected chi connectivity index (χ2v) is 4.16. The maximum atomic E-state index is 11.5. The molecule has 0 aliphatic heterocycles. The van der Waals surface area contributed by atoms with Crippen molar-refractivity contribution in [3.63, 3.8) is 0 Å². The average Bonchev–Trinajstić information content (AvgIpc) is 2.22. The highest BCUT2D eigenvalue weighted by atomic mass is 16.5. The molecule has 0 fully saturated rings. The molecule has 0 unspecified atom stereocenters. The van der Waals surface area contributed by atoms with E-state index in [4.69, 9.17) is 0 Å². The SMILES string of the molecule is CC[C@@H](C)[C@@H](NC(=O)NC(C)C)C(=O)OC. The van der Waals surface area contributed by atoms with Gasteiger partial charge in [0.15, 0.2) is 0 Å². The number of methoxy groups -OCH3 is 1. The fraction of sp³-hybridized carbons (Fsp3) is 0.818. The van der Waals surface area contributed by atoms with E-state index >= 15 is 0 Å². The minimum atomic E-state index is -0.589. The zero-order chi connectivity index (χ0) is 12.7. The quantitative estimate of drug-likeness (QED) is 0.699. The van der Waals surface area contributed by atoms with Crippen LogP contribution in [0.1, 0.15) is 34.1 Å². The van der Waals surface area contributed by atoms with Crippen LogP contribution in [0.3, 0.4) is 0 Å². The molecule has 0 rings (SSSR count). The van der Waals surface area contributed by atoms with Crippen molar-refractivity contribution in [2.75, 3.05) is 7.11 Å². The maximum absolute atomic E-state index is 11.5. The molecular formula is C11H22N2O3. The fourth-order valence-corrected chi connectivity index (χ4v) is 1.24. The second-order valence-electron chi connectivity index (χ2n) is 4.16. The van der Waals surface area contributed by atoms with Gasteiger partial charge in [-0.05, 0) is 19.8 Å². The number of amides is 2. The van der Waals surface area contributed by atoms with Gasteiger partial charge in [0, 0.05) is 6.04 Å². The topological polar surface area (TPSA) is 67.4 Å². The Labute approximate surface area is 96.9 Å². The number of esters is 1. The summed E-state index contributed by atoms with van der Waals surface area (Å²) in [5.41, 5.74) is 0. The predicted molar refractivity (Wildman–Crippen MR) is 62.1 cm³/mol. The van der Waals surface area contributed by atoms with Gasteiger partial charge in [-0.3, -0.25) is 0 Å². The third-order valence-corrected chi connectivity index (χ3v) is 2.37. The van der Waals surface area contributed by atoms with Gasteiger partial charge in [-0.2, -0.15) is 0 Å². The summed E-state index contributed by atoms with van der Waals surface area (Å²) in [6.07, 6.45) is 0.793. The number of rotatable bonds is 5. The third-order valence-electron chi connectivity index (χ3n) is 2.37. The molecule has 0 aromatic heterocycles. The standard InChI is InChI=1S/C11H22N2O3/c1-6-8(4)9(10(14)16-5)13-11(15)12-7(2)3/h7-9H,6H2,1-5H3,(H2,12,13,15)/t8-,9-/m1/s1. The summed E-state index contributed by atoms with van der Waals surface area (Å²) in [5.74, 6) is -0.362. The first-order valence-electron chi connectivity index (χ1n) is 5.57. The van der Waals surface area contributed by atoms with Gasteiger partial charge >= 0.3 is 12.0 Å². The van der Waals surface area contributed by atoms with E-state index in [9.17, 15) is 9.59 Å². The van der Waals surface area contributed by atoms with E-state index in [0.717, 1.165) is 6.42 Å². The number of urea groups is 1. The van der Waals surface area contributed by atoms with Crippen LogP contribution in [0.4, 0.5) is 4.79 Å². The third kappa shape index (κ3) is 5.00. The Kier molecular flexibility index (Phi) is 6.53. The lowest BCUT2D eigenvalue weighted by atomic mass is 9.99. The van der Waals surface area contributed by atoms with Crippen LogP contribution in [0.2, 0.25) is 0 Å². The van der Waals surface area contributed by atoms with Crippen molar-refractivity contribution in [3.8, 4) is 0 Å². The van der Waals surface area contributed by atoms with Crippen LogP contribution < -0.4 is 10.6 Å². The number of ether oxygens (including phenoxy) is 1. The normalized spacial score (nSPS) is 14.1. The minimum Gasteiger partial charge on any atom is -0.467 e. The molecule has 2 N–H and O–H groups in total. The van der Waals surface area contributed by atoms with Gasteiger partial charge in [0.2, 0.25) is 0 Å². The van der Waals surface area contributed by atoms with Crippen LogP contribution in [0, 0.1) is 5.92 Å². The van der Waals surface area contributed by atoms with Crippen molar-refractivity contribution in [1.29, 1.82) is 0 Å². The molecule has 0 aromatic rings. The summed E-state index contributed by atoms with van der Waals surface area (Å²) in [6, 6.07) is -0.894. The molecule has 0 heterocycles. The van der Waals surface area contributed by atoms with Crippen molar-refractivity contribution in [3.05, 3.63) is 0 Å². The highest BCUT2D eigenvalue weighted by Gasteiger charge is 2.26. The Morgan fingerprint density at radius 1 is 1.19 bits per heavy atom. The van der Waals surface area contributed by atoms with Crippen molar-refractivity contribution in [2.24, 2.45) is 5.92 Å². The van der Waals surface area contributed by atoms with Gasteiger partial charge in [-0.1, -0.05) is 20.3 Å². The predicted octanol–water partition coefficient (Wildman–Crippen LogP) is 1.28. The molecule has 0 aromatic carbocycles. The zero-order valence-corrected chi connectivity index (χ0v) is 10.7. The molecule has 0 radical (unpaired) electrons. The Bertz CT molecular complexity index is 241. The number of carbonyl (C=O) groups is 2. The van der Waals surface area contributed by atoms with Crippen LogP contribution in [0.15, 0.2) is 0 Å². The number of nitrogens with one attached hydrogen (secondary N) is 2. The molecule has 5 heteroatoms. The molecule has 2 amide bonds.